The molecule has 0 radical (unpaired) electrons. The van der Waals surface area contributed by atoms with Crippen LogP contribution in [0.3, 0.4) is 0 Å². The van der Waals surface area contributed by atoms with Gasteiger partial charge in [-0.25, -0.2) is 4.79 Å². The van der Waals surface area contributed by atoms with Crippen LogP contribution in [-0.2, 0) is 11.2 Å². The number of carbonyl (C=O) groups is 1. The topological polar surface area (TPSA) is 125 Å². The zero-order valence-electron chi connectivity index (χ0n) is 17.6. The van der Waals surface area contributed by atoms with Crippen molar-refractivity contribution in [1.82, 2.24) is 4.90 Å². The molecule has 0 spiro atoms. The van der Waals surface area contributed by atoms with Crippen LogP contribution in [0.25, 0.3) is 0 Å². The highest BCUT2D eigenvalue weighted by molar-refractivity contribution is 5.68. The molecular weight excluding hydrogens is 406 g/mol. The van der Waals surface area contributed by atoms with Crippen molar-refractivity contribution in [2.45, 2.75) is 32.8 Å². The fourth-order valence-corrected chi connectivity index (χ4v) is 2.61. The summed E-state index contributed by atoms with van der Waals surface area (Å²) in [7, 11) is 0. The van der Waals surface area contributed by atoms with E-state index in [9.17, 15) is 25.0 Å². The molecule has 10 heteroatoms. The van der Waals surface area contributed by atoms with Gasteiger partial charge in [0.2, 0.25) is 0 Å². The molecule has 0 aliphatic carbocycles. The number of rotatable bonds is 9. The zero-order valence-corrected chi connectivity index (χ0v) is 17.6. The number of nitro benzene ring substituents is 2. The van der Waals surface area contributed by atoms with Crippen LogP contribution in [0.15, 0.2) is 48.5 Å². The molecule has 166 valence electrons. The quantitative estimate of drug-likeness (QED) is 0.426. The van der Waals surface area contributed by atoms with E-state index in [1.165, 1.54) is 41.3 Å². The molecule has 0 saturated heterocycles. The van der Waals surface area contributed by atoms with Crippen LogP contribution in [0.1, 0.15) is 26.3 Å². The monoisotopic (exact) mass is 431 g/mol. The van der Waals surface area contributed by atoms with E-state index in [4.69, 9.17) is 9.47 Å². The van der Waals surface area contributed by atoms with E-state index in [1.54, 1.807) is 32.9 Å². The van der Waals surface area contributed by atoms with Gasteiger partial charge in [-0.2, -0.15) is 0 Å². The SMILES string of the molecule is CC(C)(C)OC(=O)N(CCOc1ccc([N+](=O)[O-])cc1)CCc1ccc([N+](=O)[O-])cc1. The zero-order chi connectivity index (χ0) is 23.0. The minimum atomic E-state index is -0.665. The predicted molar refractivity (Wildman–Crippen MR) is 113 cm³/mol. The first kappa shape index (κ1) is 23.6. The van der Waals surface area contributed by atoms with Crippen LogP contribution in [-0.4, -0.2) is 46.1 Å². The Morgan fingerprint density at radius 3 is 1.90 bits per heavy atom. The number of non-ortho nitro benzene ring substituents is 2. The smallest absolute Gasteiger partial charge is 0.410 e. The average molecular weight is 431 g/mol. The molecule has 0 unspecified atom stereocenters. The molecule has 1 amide bonds. The Balaban J connectivity index is 1.97. The van der Waals surface area contributed by atoms with Crippen LogP contribution in [0.5, 0.6) is 5.75 Å². The molecule has 31 heavy (non-hydrogen) atoms. The molecule has 0 aromatic heterocycles. The van der Waals surface area contributed by atoms with E-state index in [1.807, 2.05) is 0 Å². The standard InChI is InChI=1S/C21H25N3O7/c1-21(2,3)31-20(25)22(13-12-16-4-6-17(7-5-16)23(26)27)14-15-30-19-10-8-18(9-11-19)24(28)29/h4-11H,12-15H2,1-3H3. The van der Waals surface area contributed by atoms with Crippen LogP contribution in [0.4, 0.5) is 16.2 Å². The lowest BCUT2D eigenvalue weighted by Crippen LogP contribution is -2.40. The van der Waals surface area contributed by atoms with Crippen LogP contribution in [0, 0.1) is 20.2 Å². The minimum Gasteiger partial charge on any atom is -0.492 e. The molecule has 0 saturated carbocycles. The molecular formula is C21H25N3O7. The number of ether oxygens (including phenoxy) is 2. The molecule has 0 fully saturated rings. The highest BCUT2D eigenvalue weighted by atomic mass is 16.6. The fraction of sp³-hybridized carbons (Fsp3) is 0.381. The van der Waals surface area contributed by atoms with Crippen molar-refractivity contribution >= 4 is 17.5 Å². The van der Waals surface area contributed by atoms with Gasteiger partial charge in [-0.3, -0.25) is 20.2 Å². The second kappa shape index (κ2) is 10.4. The molecule has 0 aliphatic rings. The minimum absolute atomic E-state index is 0.00393. The fourth-order valence-electron chi connectivity index (χ4n) is 2.61. The molecule has 10 nitrogen and oxygen atoms in total. The first-order chi connectivity index (χ1) is 14.5. The summed E-state index contributed by atoms with van der Waals surface area (Å²) in [5, 5.41) is 21.5. The van der Waals surface area contributed by atoms with Crippen molar-refractivity contribution in [3.8, 4) is 5.75 Å². The number of benzene rings is 2. The highest BCUT2D eigenvalue weighted by Crippen LogP contribution is 2.18. The first-order valence-corrected chi connectivity index (χ1v) is 9.64. The van der Waals surface area contributed by atoms with Crippen molar-refractivity contribution < 1.29 is 24.1 Å². The molecule has 2 aromatic carbocycles. The van der Waals surface area contributed by atoms with Gasteiger partial charge in [0.15, 0.2) is 0 Å². The van der Waals surface area contributed by atoms with Crippen molar-refractivity contribution in [2.75, 3.05) is 19.7 Å². The van der Waals surface area contributed by atoms with Crippen molar-refractivity contribution in [3.05, 3.63) is 74.3 Å². The maximum Gasteiger partial charge on any atom is 0.410 e. The summed E-state index contributed by atoms with van der Waals surface area (Å²) in [5.74, 6) is 0.449. The second-order valence-corrected chi connectivity index (χ2v) is 7.74. The maximum absolute atomic E-state index is 12.6. The largest absolute Gasteiger partial charge is 0.492 e. The van der Waals surface area contributed by atoms with E-state index in [0.29, 0.717) is 18.7 Å². The lowest BCUT2D eigenvalue weighted by Gasteiger charge is -2.27. The molecule has 2 aromatic rings. The second-order valence-electron chi connectivity index (χ2n) is 7.74. The summed E-state index contributed by atoms with van der Waals surface area (Å²) in [6.45, 7) is 6.04. The summed E-state index contributed by atoms with van der Waals surface area (Å²) >= 11 is 0. The summed E-state index contributed by atoms with van der Waals surface area (Å²) in [5.41, 5.74) is 0.146. The Bertz CT molecular complexity index is 906. The molecule has 0 N–H and O–H groups in total. The van der Waals surface area contributed by atoms with E-state index in [0.717, 1.165) is 5.56 Å². The van der Waals surface area contributed by atoms with Gasteiger partial charge in [0.25, 0.3) is 11.4 Å². The number of hydrogen-bond donors (Lipinski definition) is 0. The van der Waals surface area contributed by atoms with Crippen LogP contribution >= 0.6 is 0 Å². The maximum atomic E-state index is 12.6. The number of hydrogen-bond acceptors (Lipinski definition) is 7. The van der Waals surface area contributed by atoms with E-state index in [-0.39, 0.29) is 24.5 Å². The van der Waals surface area contributed by atoms with Gasteiger partial charge in [-0.15, -0.1) is 0 Å². The van der Waals surface area contributed by atoms with Gasteiger partial charge in [0, 0.05) is 30.8 Å². The summed E-state index contributed by atoms with van der Waals surface area (Å²) in [6.07, 6.45) is -0.0175. The molecule has 0 heterocycles. The van der Waals surface area contributed by atoms with Gasteiger partial charge in [-0.1, -0.05) is 12.1 Å². The third kappa shape index (κ3) is 7.92. The molecule has 2 rings (SSSR count). The average Bonchev–Trinajstić information content (AvgIpc) is 2.69. The van der Waals surface area contributed by atoms with Crippen molar-refractivity contribution in [2.24, 2.45) is 0 Å². The highest BCUT2D eigenvalue weighted by Gasteiger charge is 2.22. The third-order valence-corrected chi connectivity index (χ3v) is 4.15. The normalized spacial score (nSPS) is 10.9. The molecule has 0 bridgehead atoms. The Morgan fingerprint density at radius 2 is 1.42 bits per heavy atom. The number of amides is 1. The number of carbonyl (C=O) groups excluding carboxylic acids is 1. The Hall–Kier alpha value is -3.69. The Kier molecular flexibility index (Phi) is 7.89. The molecule has 0 aliphatic heterocycles. The summed E-state index contributed by atoms with van der Waals surface area (Å²) < 4.78 is 11.0. The predicted octanol–water partition coefficient (Wildman–Crippen LogP) is 4.36. The summed E-state index contributed by atoms with van der Waals surface area (Å²) in [4.78, 5) is 34.6. The lowest BCUT2D eigenvalue weighted by atomic mass is 10.1. The van der Waals surface area contributed by atoms with Gasteiger partial charge < -0.3 is 14.4 Å². The first-order valence-electron chi connectivity index (χ1n) is 9.64. The van der Waals surface area contributed by atoms with Gasteiger partial charge in [0.1, 0.15) is 18.0 Å². The lowest BCUT2D eigenvalue weighted by molar-refractivity contribution is -0.385. The number of nitro groups is 2. The van der Waals surface area contributed by atoms with Crippen LogP contribution < -0.4 is 4.74 Å². The van der Waals surface area contributed by atoms with E-state index in [2.05, 4.69) is 0 Å². The van der Waals surface area contributed by atoms with Crippen LogP contribution in [0.2, 0.25) is 0 Å². The molecule has 0 atom stereocenters. The number of nitrogens with zero attached hydrogens (tertiary/aromatic N) is 3. The van der Waals surface area contributed by atoms with Gasteiger partial charge in [-0.05, 0) is 44.9 Å². The third-order valence-electron chi connectivity index (χ3n) is 4.15. The summed E-state index contributed by atoms with van der Waals surface area (Å²) in [6, 6.07) is 11.8. The van der Waals surface area contributed by atoms with Gasteiger partial charge >= 0.3 is 6.09 Å². The van der Waals surface area contributed by atoms with E-state index < -0.39 is 21.5 Å². The van der Waals surface area contributed by atoms with Crippen molar-refractivity contribution in [1.29, 1.82) is 0 Å². The Morgan fingerprint density at radius 1 is 0.903 bits per heavy atom. The van der Waals surface area contributed by atoms with Gasteiger partial charge in [0.05, 0.1) is 16.4 Å². The van der Waals surface area contributed by atoms with Crippen molar-refractivity contribution in [3.63, 3.8) is 0 Å². The Labute approximate surface area is 179 Å². The van der Waals surface area contributed by atoms with E-state index >= 15 is 0 Å².